The molecule has 0 heterocycles. The molecule has 0 saturated heterocycles. The molecule has 0 radical (unpaired) electrons. The number of hydrogen-bond donors (Lipinski definition) is 0. The topological polar surface area (TPSA) is 55.8 Å². The number of esters is 1. The highest BCUT2D eigenvalue weighted by atomic mass is 16.5. The van der Waals surface area contributed by atoms with E-state index in [1.807, 2.05) is 29.2 Å². The molecular formula is C21H27NO4. The first-order valence-electron chi connectivity index (χ1n) is 9.73. The van der Waals surface area contributed by atoms with Gasteiger partial charge in [0.1, 0.15) is 5.75 Å². The molecule has 3 fully saturated rings. The smallest absolute Gasteiger partial charge is 0.309 e. The molecule has 1 amide bonds. The largest absolute Gasteiger partial charge is 0.497 e. The number of fused-ring (bicyclic) bond motifs is 2. The van der Waals surface area contributed by atoms with Crippen LogP contribution in [0.1, 0.15) is 44.1 Å². The lowest BCUT2D eigenvalue weighted by Gasteiger charge is -2.24. The molecule has 0 aliphatic heterocycles. The van der Waals surface area contributed by atoms with Gasteiger partial charge in [-0.3, -0.25) is 9.59 Å². The Morgan fingerprint density at radius 3 is 2.42 bits per heavy atom. The first-order valence-corrected chi connectivity index (χ1v) is 9.73. The van der Waals surface area contributed by atoms with Gasteiger partial charge < -0.3 is 14.4 Å². The molecule has 3 unspecified atom stereocenters. The highest BCUT2D eigenvalue weighted by Gasteiger charge is 2.44. The number of rotatable bonds is 7. The molecule has 0 aromatic heterocycles. The van der Waals surface area contributed by atoms with Crippen molar-refractivity contribution in [3.8, 4) is 5.75 Å². The maximum Gasteiger partial charge on any atom is 0.309 e. The highest BCUT2D eigenvalue weighted by Crippen LogP contribution is 2.48. The van der Waals surface area contributed by atoms with Crippen LogP contribution < -0.4 is 4.74 Å². The number of benzene rings is 1. The second-order valence-electron chi connectivity index (χ2n) is 7.99. The molecule has 26 heavy (non-hydrogen) atoms. The van der Waals surface area contributed by atoms with Crippen LogP contribution in [0.25, 0.3) is 0 Å². The second kappa shape index (κ2) is 7.29. The van der Waals surface area contributed by atoms with Crippen LogP contribution in [-0.4, -0.2) is 36.5 Å². The van der Waals surface area contributed by atoms with Crippen molar-refractivity contribution in [3.63, 3.8) is 0 Å². The van der Waals surface area contributed by atoms with Crippen LogP contribution in [0.15, 0.2) is 24.3 Å². The van der Waals surface area contributed by atoms with Gasteiger partial charge in [0.05, 0.1) is 13.0 Å². The van der Waals surface area contributed by atoms with Crippen LogP contribution in [-0.2, 0) is 20.9 Å². The molecule has 4 rings (SSSR count). The fraction of sp³-hybridized carbons (Fsp3) is 0.619. The summed E-state index contributed by atoms with van der Waals surface area (Å²) in [6.07, 6.45) is 6.58. The average Bonchev–Trinajstić information content (AvgIpc) is 3.28. The van der Waals surface area contributed by atoms with Gasteiger partial charge in [-0.2, -0.15) is 0 Å². The van der Waals surface area contributed by atoms with E-state index >= 15 is 0 Å². The van der Waals surface area contributed by atoms with Crippen molar-refractivity contribution in [2.45, 2.75) is 51.1 Å². The minimum atomic E-state index is -0.161. The van der Waals surface area contributed by atoms with Crippen molar-refractivity contribution in [1.82, 2.24) is 4.90 Å². The summed E-state index contributed by atoms with van der Waals surface area (Å²) in [5.41, 5.74) is 1.06. The van der Waals surface area contributed by atoms with Gasteiger partial charge in [0.25, 0.3) is 5.91 Å². The van der Waals surface area contributed by atoms with E-state index in [9.17, 15) is 9.59 Å². The fourth-order valence-electron chi connectivity index (χ4n) is 4.59. The van der Waals surface area contributed by atoms with Crippen LogP contribution >= 0.6 is 0 Å². The van der Waals surface area contributed by atoms with Crippen molar-refractivity contribution in [3.05, 3.63) is 29.8 Å². The summed E-state index contributed by atoms with van der Waals surface area (Å²) in [6, 6.07) is 8.04. The summed E-state index contributed by atoms with van der Waals surface area (Å²) < 4.78 is 10.6. The van der Waals surface area contributed by atoms with E-state index in [2.05, 4.69) is 0 Å². The van der Waals surface area contributed by atoms with Gasteiger partial charge in [-0.25, -0.2) is 0 Å². The summed E-state index contributed by atoms with van der Waals surface area (Å²) in [4.78, 5) is 26.9. The number of ether oxygens (including phenoxy) is 2. The minimum absolute atomic E-state index is 0.0255. The lowest BCUT2D eigenvalue weighted by atomic mass is 9.89. The fourth-order valence-corrected chi connectivity index (χ4v) is 4.59. The molecule has 5 heteroatoms. The van der Waals surface area contributed by atoms with E-state index in [0.29, 0.717) is 18.4 Å². The van der Waals surface area contributed by atoms with Gasteiger partial charge in [-0.05, 0) is 61.6 Å². The molecule has 0 spiro atoms. The Morgan fingerprint density at radius 2 is 1.85 bits per heavy atom. The van der Waals surface area contributed by atoms with Crippen LogP contribution in [0.3, 0.4) is 0 Å². The number of methoxy groups -OCH3 is 1. The van der Waals surface area contributed by atoms with Crippen LogP contribution in [0.2, 0.25) is 0 Å². The SMILES string of the molecule is COc1ccc(CN(C(=O)COC(=O)C2CC3CCC2C3)C2CC2)cc1. The number of hydrogen-bond acceptors (Lipinski definition) is 4. The van der Waals surface area contributed by atoms with Crippen LogP contribution in [0, 0.1) is 17.8 Å². The lowest BCUT2D eigenvalue weighted by Crippen LogP contribution is -2.37. The number of carbonyl (C=O) groups excluding carboxylic acids is 2. The van der Waals surface area contributed by atoms with Gasteiger partial charge in [0.15, 0.2) is 6.61 Å². The van der Waals surface area contributed by atoms with Gasteiger partial charge in [0, 0.05) is 12.6 Å². The third kappa shape index (κ3) is 3.71. The zero-order valence-electron chi connectivity index (χ0n) is 15.4. The van der Waals surface area contributed by atoms with E-state index in [1.54, 1.807) is 7.11 Å². The van der Waals surface area contributed by atoms with Gasteiger partial charge >= 0.3 is 5.97 Å². The molecule has 2 bridgehead atoms. The predicted molar refractivity (Wildman–Crippen MR) is 96.5 cm³/mol. The Labute approximate surface area is 154 Å². The first kappa shape index (κ1) is 17.4. The quantitative estimate of drug-likeness (QED) is 0.704. The summed E-state index contributed by atoms with van der Waals surface area (Å²) in [6.45, 7) is 0.429. The maximum absolute atomic E-state index is 12.7. The molecule has 5 nitrogen and oxygen atoms in total. The zero-order valence-corrected chi connectivity index (χ0v) is 15.4. The van der Waals surface area contributed by atoms with E-state index in [0.717, 1.165) is 37.0 Å². The van der Waals surface area contributed by atoms with Gasteiger partial charge in [-0.1, -0.05) is 18.6 Å². The standard InChI is InChI=1S/C21H27NO4/c1-25-18-8-3-14(4-9-18)12-22(17-6-7-17)20(23)13-26-21(24)19-11-15-2-5-16(19)10-15/h3-4,8-9,15-17,19H,2,5-7,10-13H2,1H3. The molecule has 3 aliphatic rings. The Hall–Kier alpha value is -2.04. The van der Waals surface area contributed by atoms with Crippen LogP contribution in [0.5, 0.6) is 5.75 Å². The van der Waals surface area contributed by atoms with Crippen molar-refractivity contribution >= 4 is 11.9 Å². The van der Waals surface area contributed by atoms with Crippen molar-refractivity contribution in [2.24, 2.45) is 17.8 Å². The second-order valence-corrected chi connectivity index (χ2v) is 7.99. The van der Waals surface area contributed by atoms with Gasteiger partial charge in [0.2, 0.25) is 0 Å². The number of carbonyl (C=O) groups is 2. The maximum atomic E-state index is 12.7. The van der Waals surface area contributed by atoms with E-state index in [-0.39, 0.29) is 30.4 Å². The van der Waals surface area contributed by atoms with E-state index in [1.165, 1.54) is 12.8 Å². The Bertz CT molecular complexity index is 667. The minimum Gasteiger partial charge on any atom is -0.497 e. The summed E-state index contributed by atoms with van der Waals surface area (Å²) in [5.74, 6) is 1.77. The lowest BCUT2D eigenvalue weighted by molar-refractivity contribution is -0.157. The number of amides is 1. The molecule has 3 saturated carbocycles. The third-order valence-electron chi connectivity index (χ3n) is 6.20. The molecule has 3 aliphatic carbocycles. The van der Waals surface area contributed by atoms with E-state index < -0.39 is 0 Å². The molecular weight excluding hydrogens is 330 g/mol. The normalized spacial score (nSPS) is 26.6. The van der Waals surface area contributed by atoms with E-state index in [4.69, 9.17) is 9.47 Å². The first-order chi connectivity index (χ1) is 12.6. The highest BCUT2D eigenvalue weighted by molar-refractivity contribution is 5.82. The zero-order chi connectivity index (χ0) is 18.1. The van der Waals surface area contributed by atoms with Crippen molar-refractivity contribution in [1.29, 1.82) is 0 Å². The van der Waals surface area contributed by atoms with Gasteiger partial charge in [-0.15, -0.1) is 0 Å². The van der Waals surface area contributed by atoms with Crippen molar-refractivity contribution < 1.29 is 19.1 Å². The Morgan fingerprint density at radius 1 is 1.08 bits per heavy atom. The molecule has 140 valence electrons. The Kier molecular flexibility index (Phi) is 4.88. The summed E-state index contributed by atoms with van der Waals surface area (Å²) in [7, 11) is 1.64. The molecule has 0 N–H and O–H groups in total. The van der Waals surface area contributed by atoms with Crippen LogP contribution in [0.4, 0.5) is 0 Å². The summed E-state index contributed by atoms with van der Waals surface area (Å²) >= 11 is 0. The third-order valence-corrected chi connectivity index (χ3v) is 6.20. The molecule has 1 aromatic carbocycles. The monoisotopic (exact) mass is 357 g/mol. The van der Waals surface area contributed by atoms with Crippen molar-refractivity contribution in [2.75, 3.05) is 13.7 Å². The number of nitrogens with zero attached hydrogens (tertiary/aromatic N) is 1. The predicted octanol–water partition coefficient (Wildman–Crippen LogP) is 3.17. The Balaban J connectivity index is 1.31. The molecule has 3 atom stereocenters. The average molecular weight is 357 g/mol. The summed E-state index contributed by atoms with van der Waals surface area (Å²) in [5, 5.41) is 0. The molecule has 1 aromatic rings.